The van der Waals surface area contributed by atoms with Gasteiger partial charge in [0.25, 0.3) is 0 Å². The monoisotopic (exact) mass is 245 g/mol. The molecule has 0 saturated carbocycles. The predicted octanol–water partition coefficient (Wildman–Crippen LogP) is 2.00. The van der Waals surface area contributed by atoms with E-state index in [1.54, 1.807) is 23.9 Å². The lowest BCUT2D eigenvalue weighted by atomic mass is 10.4. The van der Waals surface area contributed by atoms with Crippen LogP contribution in [0, 0.1) is 0 Å². The van der Waals surface area contributed by atoms with Crippen LogP contribution in [0.3, 0.4) is 0 Å². The van der Waals surface area contributed by atoms with Crippen LogP contribution in [0.5, 0.6) is 0 Å². The highest BCUT2D eigenvalue weighted by molar-refractivity contribution is 7.16. The molecule has 1 N–H and O–H groups in total. The number of rotatable bonds is 4. The van der Waals surface area contributed by atoms with E-state index >= 15 is 0 Å². The molecule has 0 atom stereocenters. The Labute approximate surface area is 102 Å². The fraction of sp³-hybridized carbons (Fsp3) is 0.182. The van der Waals surface area contributed by atoms with Crippen LogP contribution in [-0.2, 0) is 6.54 Å². The Morgan fingerprint density at radius 1 is 1.35 bits per heavy atom. The molecule has 17 heavy (non-hydrogen) atoms. The first kappa shape index (κ1) is 10.2. The molecular weight excluding hydrogens is 234 g/mol. The molecule has 3 aromatic heterocycles. The number of nitrogens with zero attached hydrogens (tertiary/aromatic N) is 4. The summed E-state index contributed by atoms with van der Waals surface area (Å²) in [5, 5.41) is 10.6. The van der Waals surface area contributed by atoms with Crippen LogP contribution >= 0.6 is 11.3 Å². The summed E-state index contributed by atoms with van der Waals surface area (Å²) in [5.74, 6) is 0.892. The molecule has 0 aromatic carbocycles. The number of aromatic nitrogens is 4. The van der Waals surface area contributed by atoms with Crippen molar-refractivity contribution >= 4 is 27.4 Å². The standard InChI is InChI=1S/C11H11N5S/c1-3-15-16(5-1)6-4-12-10-9-2-7-17-11(9)14-8-13-10/h1-3,5,7-8H,4,6H2,(H,12,13,14). The third-order valence-corrected chi connectivity index (χ3v) is 3.28. The van der Waals surface area contributed by atoms with Crippen molar-refractivity contribution in [1.29, 1.82) is 0 Å². The Balaban J connectivity index is 1.70. The molecule has 0 bridgehead atoms. The SMILES string of the molecule is c1cnn(CCNc2ncnc3sccc23)c1. The minimum atomic E-state index is 0.795. The van der Waals surface area contributed by atoms with E-state index in [1.807, 2.05) is 28.4 Å². The first-order valence-electron chi connectivity index (χ1n) is 5.33. The Bertz CT molecular complexity index is 601. The second-order valence-corrected chi connectivity index (χ2v) is 4.45. The number of hydrogen-bond donors (Lipinski definition) is 1. The zero-order valence-electron chi connectivity index (χ0n) is 9.08. The van der Waals surface area contributed by atoms with Gasteiger partial charge >= 0.3 is 0 Å². The van der Waals surface area contributed by atoms with Crippen LogP contribution in [0.4, 0.5) is 5.82 Å². The van der Waals surface area contributed by atoms with Crippen molar-refractivity contribution < 1.29 is 0 Å². The molecule has 3 aromatic rings. The van der Waals surface area contributed by atoms with Gasteiger partial charge in [-0.1, -0.05) is 0 Å². The van der Waals surface area contributed by atoms with Crippen LogP contribution < -0.4 is 5.32 Å². The molecule has 3 heterocycles. The molecular formula is C11H11N5S. The van der Waals surface area contributed by atoms with Crippen molar-refractivity contribution in [3.05, 3.63) is 36.2 Å². The quantitative estimate of drug-likeness (QED) is 0.764. The number of anilines is 1. The van der Waals surface area contributed by atoms with Crippen LogP contribution in [0.15, 0.2) is 36.2 Å². The summed E-state index contributed by atoms with van der Waals surface area (Å²) in [7, 11) is 0. The zero-order valence-corrected chi connectivity index (χ0v) is 9.89. The fourth-order valence-corrected chi connectivity index (χ4v) is 2.39. The van der Waals surface area contributed by atoms with Crippen molar-refractivity contribution in [3.63, 3.8) is 0 Å². The first-order chi connectivity index (χ1) is 8.43. The summed E-state index contributed by atoms with van der Waals surface area (Å²) in [6.45, 7) is 1.62. The highest BCUT2D eigenvalue weighted by atomic mass is 32.1. The van der Waals surface area contributed by atoms with Gasteiger partial charge in [0.15, 0.2) is 0 Å². The van der Waals surface area contributed by atoms with E-state index in [4.69, 9.17) is 0 Å². The third kappa shape index (κ3) is 2.12. The maximum Gasteiger partial charge on any atom is 0.138 e. The van der Waals surface area contributed by atoms with Crippen molar-refractivity contribution in [1.82, 2.24) is 19.7 Å². The maximum atomic E-state index is 4.25. The van der Waals surface area contributed by atoms with Gasteiger partial charge in [0.05, 0.1) is 11.9 Å². The number of fused-ring (bicyclic) bond motifs is 1. The van der Waals surface area contributed by atoms with E-state index in [0.29, 0.717) is 0 Å². The number of nitrogens with one attached hydrogen (secondary N) is 1. The summed E-state index contributed by atoms with van der Waals surface area (Å²) in [4.78, 5) is 9.48. The Kier molecular flexibility index (Phi) is 2.71. The molecule has 0 aliphatic carbocycles. The average Bonchev–Trinajstić information content (AvgIpc) is 2.99. The van der Waals surface area contributed by atoms with Crippen LogP contribution in [0.2, 0.25) is 0 Å². The molecule has 0 amide bonds. The number of thiophene rings is 1. The summed E-state index contributed by atoms with van der Waals surface area (Å²) < 4.78 is 1.89. The highest BCUT2D eigenvalue weighted by Gasteiger charge is 2.03. The molecule has 0 aliphatic heterocycles. The second kappa shape index (κ2) is 4.50. The van der Waals surface area contributed by atoms with Crippen molar-refractivity contribution in [2.24, 2.45) is 0 Å². The van der Waals surface area contributed by atoms with E-state index in [1.165, 1.54) is 0 Å². The van der Waals surface area contributed by atoms with Gasteiger partial charge in [-0.15, -0.1) is 11.3 Å². The lowest BCUT2D eigenvalue weighted by Crippen LogP contribution is -2.11. The molecule has 0 saturated heterocycles. The van der Waals surface area contributed by atoms with Crippen LogP contribution in [-0.4, -0.2) is 26.3 Å². The molecule has 0 radical (unpaired) electrons. The zero-order chi connectivity index (χ0) is 11.5. The summed E-state index contributed by atoms with van der Waals surface area (Å²) in [6, 6.07) is 3.96. The molecule has 3 rings (SSSR count). The third-order valence-electron chi connectivity index (χ3n) is 2.45. The molecule has 6 heteroatoms. The van der Waals surface area contributed by atoms with Gasteiger partial charge in [-0.05, 0) is 17.5 Å². The summed E-state index contributed by atoms with van der Waals surface area (Å²) in [5.41, 5.74) is 0. The second-order valence-electron chi connectivity index (χ2n) is 3.56. The molecule has 0 fully saturated rings. The lowest BCUT2D eigenvalue weighted by Gasteiger charge is -2.06. The van der Waals surface area contributed by atoms with E-state index in [-0.39, 0.29) is 0 Å². The Morgan fingerprint density at radius 2 is 2.35 bits per heavy atom. The van der Waals surface area contributed by atoms with Gasteiger partial charge in [0, 0.05) is 18.9 Å². The molecule has 86 valence electrons. The normalized spacial score (nSPS) is 10.8. The van der Waals surface area contributed by atoms with Crippen LogP contribution in [0.1, 0.15) is 0 Å². The largest absolute Gasteiger partial charge is 0.368 e. The van der Waals surface area contributed by atoms with Gasteiger partial charge in [0.1, 0.15) is 17.0 Å². The van der Waals surface area contributed by atoms with Gasteiger partial charge in [0.2, 0.25) is 0 Å². The fourth-order valence-electron chi connectivity index (χ4n) is 1.65. The number of hydrogen-bond acceptors (Lipinski definition) is 5. The molecule has 0 aliphatic rings. The highest BCUT2D eigenvalue weighted by Crippen LogP contribution is 2.23. The summed E-state index contributed by atoms with van der Waals surface area (Å²) >= 11 is 1.62. The summed E-state index contributed by atoms with van der Waals surface area (Å²) in [6.07, 6.45) is 5.32. The van der Waals surface area contributed by atoms with E-state index in [2.05, 4.69) is 20.4 Å². The van der Waals surface area contributed by atoms with Gasteiger partial charge in [-0.3, -0.25) is 4.68 Å². The smallest absolute Gasteiger partial charge is 0.138 e. The van der Waals surface area contributed by atoms with Gasteiger partial charge < -0.3 is 5.32 Å². The average molecular weight is 245 g/mol. The van der Waals surface area contributed by atoms with E-state index in [9.17, 15) is 0 Å². The van der Waals surface area contributed by atoms with Gasteiger partial charge in [-0.25, -0.2) is 9.97 Å². The van der Waals surface area contributed by atoms with E-state index < -0.39 is 0 Å². The van der Waals surface area contributed by atoms with Crippen molar-refractivity contribution in [2.45, 2.75) is 6.54 Å². The minimum Gasteiger partial charge on any atom is -0.368 e. The van der Waals surface area contributed by atoms with Crippen molar-refractivity contribution in [2.75, 3.05) is 11.9 Å². The Morgan fingerprint density at radius 3 is 3.24 bits per heavy atom. The molecule has 0 unspecified atom stereocenters. The Hall–Kier alpha value is -1.95. The molecule has 0 spiro atoms. The molecule has 5 nitrogen and oxygen atoms in total. The topological polar surface area (TPSA) is 55.6 Å². The maximum absolute atomic E-state index is 4.25. The predicted molar refractivity (Wildman–Crippen MR) is 68.1 cm³/mol. The van der Waals surface area contributed by atoms with E-state index in [0.717, 1.165) is 29.1 Å². The first-order valence-corrected chi connectivity index (χ1v) is 6.21. The van der Waals surface area contributed by atoms with Crippen molar-refractivity contribution in [3.8, 4) is 0 Å². The van der Waals surface area contributed by atoms with Gasteiger partial charge in [-0.2, -0.15) is 5.10 Å². The lowest BCUT2D eigenvalue weighted by molar-refractivity contribution is 0.637. The minimum absolute atomic E-state index is 0.795. The van der Waals surface area contributed by atoms with Crippen LogP contribution in [0.25, 0.3) is 10.2 Å².